The Hall–Kier alpha value is -3.32. The standard InChI is InChI=1S/C31H37BrN2O4/c1-23(2)21-33-31(36)29(20-24-8-5-4-6-9-24)34(22-25-11-13-26(32)14-12-25)30(35)10-7-19-38-28-17-15-27(37-3)16-18-28/h4-6,8-9,11-18,23,29H,7,10,19-22H2,1-3H3,(H,33,36)/t29-/m0/s1. The zero-order chi connectivity index (χ0) is 27.3. The molecule has 38 heavy (non-hydrogen) atoms. The summed E-state index contributed by atoms with van der Waals surface area (Å²) in [5.41, 5.74) is 1.97. The third kappa shape index (κ3) is 9.53. The predicted molar refractivity (Wildman–Crippen MR) is 154 cm³/mol. The maximum atomic E-state index is 13.6. The molecule has 0 aliphatic carbocycles. The van der Waals surface area contributed by atoms with Crippen LogP contribution >= 0.6 is 15.9 Å². The Balaban J connectivity index is 1.76. The van der Waals surface area contributed by atoms with Gasteiger partial charge in [-0.05, 0) is 59.9 Å². The van der Waals surface area contributed by atoms with Crippen LogP contribution in [0.25, 0.3) is 0 Å². The van der Waals surface area contributed by atoms with Crippen LogP contribution in [0.5, 0.6) is 11.5 Å². The molecule has 0 saturated heterocycles. The molecule has 7 heteroatoms. The number of carbonyl (C=O) groups is 2. The molecule has 202 valence electrons. The van der Waals surface area contributed by atoms with Crippen LogP contribution in [0.3, 0.4) is 0 Å². The smallest absolute Gasteiger partial charge is 0.243 e. The Morgan fingerprint density at radius 2 is 1.55 bits per heavy atom. The number of rotatable bonds is 14. The molecule has 0 unspecified atom stereocenters. The van der Waals surface area contributed by atoms with Crippen molar-refractivity contribution in [3.63, 3.8) is 0 Å². The SMILES string of the molecule is COc1ccc(OCCCC(=O)N(Cc2ccc(Br)cc2)[C@@H](Cc2ccccc2)C(=O)NCC(C)C)cc1. The lowest BCUT2D eigenvalue weighted by atomic mass is 10.0. The van der Waals surface area contributed by atoms with Crippen molar-refractivity contribution < 1.29 is 19.1 Å². The summed E-state index contributed by atoms with van der Waals surface area (Å²) in [5.74, 6) is 1.58. The lowest BCUT2D eigenvalue weighted by Gasteiger charge is -2.32. The molecule has 2 amide bonds. The zero-order valence-corrected chi connectivity index (χ0v) is 23.9. The highest BCUT2D eigenvalue weighted by molar-refractivity contribution is 9.10. The van der Waals surface area contributed by atoms with Gasteiger partial charge in [-0.25, -0.2) is 0 Å². The highest BCUT2D eigenvalue weighted by Gasteiger charge is 2.30. The molecule has 0 aliphatic rings. The van der Waals surface area contributed by atoms with Crippen molar-refractivity contribution >= 4 is 27.7 Å². The molecule has 1 N–H and O–H groups in total. The third-order valence-corrected chi connectivity index (χ3v) is 6.61. The van der Waals surface area contributed by atoms with Crippen molar-refractivity contribution in [2.75, 3.05) is 20.3 Å². The monoisotopic (exact) mass is 580 g/mol. The van der Waals surface area contributed by atoms with Crippen molar-refractivity contribution in [1.29, 1.82) is 0 Å². The molecule has 0 radical (unpaired) electrons. The summed E-state index contributed by atoms with van der Waals surface area (Å²) in [6, 6.07) is 24.4. The molecule has 0 aliphatic heterocycles. The molecule has 3 rings (SSSR count). The van der Waals surface area contributed by atoms with Gasteiger partial charge in [-0.3, -0.25) is 9.59 Å². The largest absolute Gasteiger partial charge is 0.497 e. The molecule has 6 nitrogen and oxygen atoms in total. The maximum absolute atomic E-state index is 13.6. The average Bonchev–Trinajstić information content (AvgIpc) is 2.93. The summed E-state index contributed by atoms with van der Waals surface area (Å²) in [6.45, 7) is 5.41. The van der Waals surface area contributed by atoms with Crippen molar-refractivity contribution in [3.8, 4) is 11.5 Å². The summed E-state index contributed by atoms with van der Waals surface area (Å²) in [5, 5.41) is 3.06. The first-order valence-corrected chi connectivity index (χ1v) is 13.8. The molecule has 3 aromatic carbocycles. The van der Waals surface area contributed by atoms with Gasteiger partial charge in [0.1, 0.15) is 17.5 Å². The summed E-state index contributed by atoms with van der Waals surface area (Å²) in [4.78, 5) is 28.8. The third-order valence-electron chi connectivity index (χ3n) is 6.08. The van der Waals surface area contributed by atoms with Gasteiger partial charge in [0.25, 0.3) is 0 Å². The topological polar surface area (TPSA) is 67.9 Å². The second kappa shape index (κ2) is 15.2. The van der Waals surface area contributed by atoms with Gasteiger partial charge < -0.3 is 19.7 Å². The average molecular weight is 582 g/mol. The van der Waals surface area contributed by atoms with Crippen LogP contribution in [0.1, 0.15) is 37.8 Å². The van der Waals surface area contributed by atoms with E-state index in [1.165, 1.54) is 0 Å². The molecule has 0 saturated carbocycles. The second-order valence-corrected chi connectivity index (χ2v) is 10.5. The van der Waals surface area contributed by atoms with Crippen molar-refractivity contribution in [3.05, 3.63) is 94.5 Å². The van der Waals surface area contributed by atoms with E-state index in [1.807, 2.05) is 78.9 Å². The Morgan fingerprint density at radius 3 is 2.18 bits per heavy atom. The number of nitrogens with zero attached hydrogens (tertiary/aromatic N) is 1. The number of nitrogens with one attached hydrogen (secondary N) is 1. The van der Waals surface area contributed by atoms with Gasteiger partial charge in [-0.15, -0.1) is 0 Å². The Kier molecular flexibility index (Phi) is 11.7. The van der Waals surface area contributed by atoms with Crippen LogP contribution in [0.4, 0.5) is 0 Å². The lowest BCUT2D eigenvalue weighted by molar-refractivity contribution is -0.141. The van der Waals surface area contributed by atoms with Gasteiger partial charge in [0.15, 0.2) is 0 Å². The van der Waals surface area contributed by atoms with Crippen molar-refractivity contribution in [2.24, 2.45) is 5.92 Å². The number of ether oxygens (including phenoxy) is 2. The highest BCUT2D eigenvalue weighted by atomic mass is 79.9. The zero-order valence-electron chi connectivity index (χ0n) is 22.4. The van der Waals surface area contributed by atoms with Crippen LogP contribution in [0.2, 0.25) is 0 Å². The summed E-state index contributed by atoms with van der Waals surface area (Å²) in [7, 11) is 1.62. The maximum Gasteiger partial charge on any atom is 0.243 e. The number of hydrogen-bond donors (Lipinski definition) is 1. The first-order valence-electron chi connectivity index (χ1n) is 13.0. The fourth-order valence-corrected chi connectivity index (χ4v) is 4.26. The van der Waals surface area contributed by atoms with Crippen LogP contribution in [0.15, 0.2) is 83.3 Å². The number of benzene rings is 3. The Morgan fingerprint density at radius 1 is 0.895 bits per heavy atom. The molecular weight excluding hydrogens is 544 g/mol. The molecule has 3 aromatic rings. The highest BCUT2D eigenvalue weighted by Crippen LogP contribution is 2.20. The Bertz CT molecular complexity index is 1130. The number of methoxy groups -OCH3 is 1. The molecular formula is C31H37BrN2O4. The molecule has 0 heterocycles. The van der Waals surface area contributed by atoms with Crippen molar-refractivity contribution in [2.45, 2.75) is 45.7 Å². The van der Waals surface area contributed by atoms with E-state index < -0.39 is 6.04 Å². The van der Waals surface area contributed by atoms with Crippen molar-refractivity contribution in [1.82, 2.24) is 10.2 Å². The molecule has 0 spiro atoms. The van der Waals surface area contributed by atoms with Gasteiger partial charge in [-0.2, -0.15) is 0 Å². The van der Waals surface area contributed by atoms with Gasteiger partial charge in [0, 0.05) is 30.4 Å². The minimum atomic E-state index is -0.630. The lowest BCUT2D eigenvalue weighted by Crippen LogP contribution is -2.51. The minimum Gasteiger partial charge on any atom is -0.497 e. The number of amides is 2. The molecule has 1 atom stereocenters. The normalized spacial score (nSPS) is 11.6. The number of carbonyl (C=O) groups excluding carboxylic acids is 2. The number of hydrogen-bond acceptors (Lipinski definition) is 4. The van der Waals surface area contributed by atoms with Crippen LogP contribution in [-0.4, -0.2) is 43.0 Å². The molecule has 0 bridgehead atoms. The quantitative estimate of drug-likeness (QED) is 0.236. The summed E-state index contributed by atoms with van der Waals surface area (Å²) in [6.07, 6.45) is 1.25. The fraction of sp³-hybridized carbons (Fsp3) is 0.355. The van der Waals surface area contributed by atoms with E-state index in [1.54, 1.807) is 12.0 Å². The predicted octanol–water partition coefficient (Wildman–Crippen LogP) is 6.03. The first kappa shape index (κ1) is 29.2. The van der Waals surface area contributed by atoms with Gasteiger partial charge in [0.05, 0.1) is 13.7 Å². The fourth-order valence-electron chi connectivity index (χ4n) is 3.99. The van der Waals surface area contributed by atoms with Crippen LogP contribution in [-0.2, 0) is 22.6 Å². The molecule has 0 aromatic heterocycles. The van der Waals surface area contributed by atoms with Crippen LogP contribution < -0.4 is 14.8 Å². The Labute approximate surface area is 234 Å². The van der Waals surface area contributed by atoms with E-state index in [4.69, 9.17) is 9.47 Å². The van der Waals surface area contributed by atoms with E-state index in [0.29, 0.717) is 38.5 Å². The van der Waals surface area contributed by atoms with E-state index in [9.17, 15) is 9.59 Å². The molecule has 0 fully saturated rings. The second-order valence-electron chi connectivity index (χ2n) is 9.62. The van der Waals surface area contributed by atoms with Gasteiger partial charge >= 0.3 is 0 Å². The number of halogens is 1. The summed E-state index contributed by atoms with van der Waals surface area (Å²) < 4.78 is 12.0. The van der Waals surface area contributed by atoms with Crippen LogP contribution in [0, 0.1) is 5.92 Å². The summed E-state index contributed by atoms with van der Waals surface area (Å²) >= 11 is 3.47. The van der Waals surface area contributed by atoms with E-state index in [-0.39, 0.29) is 18.2 Å². The van der Waals surface area contributed by atoms with Gasteiger partial charge in [-0.1, -0.05) is 72.2 Å². The van der Waals surface area contributed by atoms with E-state index >= 15 is 0 Å². The minimum absolute atomic E-state index is 0.0770. The first-order chi connectivity index (χ1) is 18.4. The van der Waals surface area contributed by atoms with Gasteiger partial charge in [0.2, 0.25) is 11.8 Å². The van der Waals surface area contributed by atoms with E-state index in [2.05, 4.69) is 35.1 Å². The van der Waals surface area contributed by atoms with E-state index in [0.717, 1.165) is 27.1 Å².